The number of nitrogens with one attached hydrogen (secondary N) is 1. The minimum atomic E-state index is -1.44. The third-order valence-electron chi connectivity index (χ3n) is 6.42. The molecule has 0 aliphatic carbocycles. The molecule has 0 spiro atoms. The number of esters is 1. The number of halogens is 3. The Morgan fingerprint density at radius 2 is 1.89 bits per heavy atom. The molecular weight excluding hydrogens is 508 g/mol. The van der Waals surface area contributed by atoms with Crippen LogP contribution in [-0.2, 0) is 19.7 Å². The Bertz CT molecular complexity index is 1180. The average molecular weight is 536 g/mol. The minimum absolute atomic E-state index is 0.0675. The number of benzene rings is 2. The van der Waals surface area contributed by atoms with Gasteiger partial charge in [-0.2, -0.15) is 5.26 Å². The summed E-state index contributed by atoms with van der Waals surface area (Å²) in [6.45, 7) is 5.22. The van der Waals surface area contributed by atoms with Gasteiger partial charge in [0.2, 0.25) is 5.91 Å². The fourth-order valence-electron chi connectivity index (χ4n) is 5.00. The average Bonchev–Trinajstić information content (AvgIpc) is 3.16. The Hall–Kier alpha value is -2.70. The number of aliphatic hydroxyl groups is 1. The lowest BCUT2D eigenvalue weighted by atomic mass is 9.60. The first-order valence-corrected chi connectivity index (χ1v) is 12.1. The van der Waals surface area contributed by atoms with E-state index in [1.165, 1.54) is 12.1 Å². The summed E-state index contributed by atoms with van der Waals surface area (Å²) in [5, 5.41) is 24.3. The van der Waals surface area contributed by atoms with E-state index in [-0.39, 0.29) is 10.6 Å². The van der Waals surface area contributed by atoms with Gasteiger partial charge in [0, 0.05) is 17.0 Å². The summed E-state index contributed by atoms with van der Waals surface area (Å²) in [5.41, 5.74) is 3.68. The monoisotopic (exact) mass is 535 g/mol. The lowest BCUT2D eigenvalue weighted by molar-refractivity contribution is -0.150. The minimum Gasteiger partial charge on any atom is -0.462 e. The van der Waals surface area contributed by atoms with Crippen LogP contribution in [-0.4, -0.2) is 41.8 Å². The van der Waals surface area contributed by atoms with Crippen LogP contribution < -0.4 is 11.1 Å². The van der Waals surface area contributed by atoms with Crippen molar-refractivity contribution in [3.05, 3.63) is 69.5 Å². The van der Waals surface area contributed by atoms with Crippen LogP contribution in [0.1, 0.15) is 44.2 Å². The van der Waals surface area contributed by atoms with E-state index in [2.05, 4.69) is 11.4 Å². The number of hydrogen-bond donors (Lipinski definition) is 3. The maximum absolute atomic E-state index is 15.5. The molecule has 4 N–H and O–H groups in total. The molecule has 7 nitrogen and oxygen atoms in total. The third kappa shape index (κ3) is 5.35. The molecule has 10 heteroatoms. The molecule has 1 heterocycles. The predicted molar refractivity (Wildman–Crippen MR) is 134 cm³/mol. The zero-order chi connectivity index (χ0) is 26.8. The summed E-state index contributed by atoms with van der Waals surface area (Å²) in [7, 11) is 0. The van der Waals surface area contributed by atoms with Crippen molar-refractivity contribution in [1.29, 1.82) is 5.26 Å². The highest BCUT2D eigenvalue weighted by atomic mass is 35.5. The summed E-state index contributed by atoms with van der Waals surface area (Å²) in [6.07, 6.45) is -1.69. The van der Waals surface area contributed by atoms with E-state index in [9.17, 15) is 20.0 Å². The van der Waals surface area contributed by atoms with Crippen LogP contribution in [0.4, 0.5) is 4.39 Å². The zero-order valence-corrected chi connectivity index (χ0v) is 21.6. The van der Waals surface area contributed by atoms with E-state index in [0.29, 0.717) is 10.6 Å². The van der Waals surface area contributed by atoms with Gasteiger partial charge in [0.25, 0.3) is 0 Å². The first kappa shape index (κ1) is 27.9. The highest BCUT2D eigenvalue weighted by Gasteiger charge is 2.63. The maximum atomic E-state index is 15.5. The summed E-state index contributed by atoms with van der Waals surface area (Å²) < 4.78 is 20.8. The second-order valence-electron chi connectivity index (χ2n) is 10.0. The van der Waals surface area contributed by atoms with Crippen molar-refractivity contribution in [2.75, 3.05) is 6.61 Å². The zero-order valence-electron chi connectivity index (χ0n) is 20.1. The number of hydrogen-bond acceptors (Lipinski definition) is 6. The van der Waals surface area contributed by atoms with E-state index in [4.69, 9.17) is 33.7 Å². The molecule has 1 aliphatic rings. The van der Waals surface area contributed by atoms with Crippen LogP contribution in [0.15, 0.2) is 42.5 Å². The van der Waals surface area contributed by atoms with Crippen LogP contribution in [0.5, 0.6) is 0 Å². The molecule has 36 heavy (non-hydrogen) atoms. The van der Waals surface area contributed by atoms with Crippen LogP contribution in [0, 0.1) is 22.6 Å². The number of amides is 1. The lowest BCUT2D eigenvalue weighted by Gasteiger charge is -2.40. The van der Waals surface area contributed by atoms with Gasteiger partial charge in [0.15, 0.2) is 0 Å². The molecule has 0 bridgehead atoms. The lowest BCUT2D eigenvalue weighted by Crippen LogP contribution is -2.50. The molecule has 0 radical (unpaired) electrons. The predicted octanol–water partition coefficient (Wildman–Crippen LogP) is 3.84. The van der Waals surface area contributed by atoms with Crippen molar-refractivity contribution in [3.63, 3.8) is 0 Å². The van der Waals surface area contributed by atoms with Crippen molar-refractivity contribution in [2.24, 2.45) is 11.1 Å². The molecule has 1 aliphatic heterocycles. The molecule has 2 aromatic carbocycles. The maximum Gasteiger partial charge on any atom is 0.323 e. The van der Waals surface area contributed by atoms with Gasteiger partial charge in [-0.25, -0.2) is 4.39 Å². The van der Waals surface area contributed by atoms with Gasteiger partial charge in [-0.1, -0.05) is 68.2 Å². The van der Waals surface area contributed by atoms with Gasteiger partial charge in [0.1, 0.15) is 23.9 Å². The Balaban J connectivity index is 2.20. The van der Waals surface area contributed by atoms with Crippen LogP contribution in [0.2, 0.25) is 10.0 Å². The highest BCUT2D eigenvalue weighted by molar-refractivity contribution is 6.31. The summed E-state index contributed by atoms with van der Waals surface area (Å²) in [5.74, 6) is -3.38. The number of aliphatic hydroxyl groups excluding tert-OH is 1. The molecular formula is C26H28Cl2FN3O4. The van der Waals surface area contributed by atoms with E-state index >= 15 is 4.39 Å². The molecule has 0 saturated carbocycles. The topological polar surface area (TPSA) is 125 Å². The largest absolute Gasteiger partial charge is 0.462 e. The second-order valence-corrected chi connectivity index (χ2v) is 10.8. The number of rotatable bonds is 7. The number of primary amides is 1. The smallest absolute Gasteiger partial charge is 0.323 e. The molecule has 0 aromatic heterocycles. The molecule has 192 valence electrons. The molecule has 5 atom stereocenters. The Labute approximate surface area is 219 Å². The van der Waals surface area contributed by atoms with E-state index in [1.807, 2.05) is 20.8 Å². The first-order valence-electron chi connectivity index (χ1n) is 11.3. The number of ether oxygens (including phenoxy) is 1. The van der Waals surface area contributed by atoms with Crippen LogP contribution in [0.25, 0.3) is 0 Å². The van der Waals surface area contributed by atoms with Crippen molar-refractivity contribution in [1.82, 2.24) is 5.32 Å². The van der Waals surface area contributed by atoms with Crippen LogP contribution >= 0.6 is 23.2 Å². The Morgan fingerprint density at radius 1 is 1.25 bits per heavy atom. The van der Waals surface area contributed by atoms with Crippen molar-refractivity contribution in [3.8, 4) is 6.07 Å². The number of carbonyl (C=O) groups excluding carboxylic acids is 2. The van der Waals surface area contributed by atoms with Gasteiger partial charge < -0.3 is 15.6 Å². The Kier molecular flexibility index (Phi) is 8.31. The number of nitrogens with two attached hydrogens (primary N) is 1. The number of carbonyl (C=O) groups is 2. The fraction of sp³-hybridized carbons (Fsp3) is 0.423. The molecule has 2 aromatic rings. The van der Waals surface area contributed by atoms with Crippen molar-refractivity contribution in [2.45, 2.75) is 56.7 Å². The highest BCUT2D eigenvalue weighted by Crippen LogP contribution is 2.54. The summed E-state index contributed by atoms with van der Waals surface area (Å²) >= 11 is 12.2. The molecule has 1 amide bonds. The number of nitrogens with zero attached hydrogens (tertiary/aromatic N) is 1. The summed E-state index contributed by atoms with van der Waals surface area (Å²) in [6, 6.07) is 11.6. The quantitative estimate of drug-likeness (QED) is 0.462. The first-order chi connectivity index (χ1) is 16.8. The molecule has 0 unspecified atom stereocenters. The molecule has 3 rings (SSSR count). The standard InChI is InChI=1S/C26H28Cl2FN3O4/c1-25(2,3)24-26(13-30,14-7-9-15(27)10-8-14)20(17-5-4-6-18(28)21(17)29)22(32-24)23(35)36-12-16(33)11-19(31)34/h4-10,16,20,22,24,32-33H,11-12H2,1-3H3,(H2,31,34)/t16-,20-,22+,24-,26+/m0/s1. The van der Waals surface area contributed by atoms with E-state index in [0.717, 1.165) is 0 Å². The molecule has 1 saturated heterocycles. The Morgan fingerprint density at radius 3 is 2.44 bits per heavy atom. The summed E-state index contributed by atoms with van der Waals surface area (Å²) in [4.78, 5) is 24.5. The van der Waals surface area contributed by atoms with Crippen molar-refractivity contribution >= 4 is 35.1 Å². The number of nitriles is 1. The van der Waals surface area contributed by atoms with Gasteiger partial charge in [0.05, 0.1) is 23.6 Å². The molecule has 1 fully saturated rings. The second kappa shape index (κ2) is 10.7. The van der Waals surface area contributed by atoms with E-state index in [1.54, 1.807) is 30.3 Å². The van der Waals surface area contributed by atoms with Gasteiger partial charge in [-0.3, -0.25) is 14.9 Å². The van der Waals surface area contributed by atoms with Gasteiger partial charge in [-0.15, -0.1) is 0 Å². The fourth-order valence-corrected chi connectivity index (χ4v) is 5.31. The third-order valence-corrected chi connectivity index (χ3v) is 6.97. The SMILES string of the molecule is CC(C)(C)[C@@H]1N[C@@H](C(=O)OC[C@@H](O)CC(N)=O)[C@H](c2cccc(Cl)c2F)[C@@]1(C#N)c1ccc(Cl)cc1. The van der Waals surface area contributed by atoms with Gasteiger partial charge >= 0.3 is 5.97 Å². The van der Waals surface area contributed by atoms with E-state index < -0.39 is 65.7 Å². The van der Waals surface area contributed by atoms with Gasteiger partial charge in [-0.05, 0) is 34.7 Å². The van der Waals surface area contributed by atoms with Crippen molar-refractivity contribution < 1.29 is 23.8 Å². The van der Waals surface area contributed by atoms with Crippen LogP contribution in [0.3, 0.4) is 0 Å². The normalized spacial score (nSPS) is 24.7.